The molecule has 5 heteroatoms. The van der Waals surface area contributed by atoms with Crippen molar-refractivity contribution in [3.05, 3.63) is 61.7 Å². The zero-order chi connectivity index (χ0) is 19.0. The molecule has 0 aromatic carbocycles. The smallest absolute Gasteiger partial charge is 0.111 e. The Balaban J connectivity index is 0. The summed E-state index contributed by atoms with van der Waals surface area (Å²) in [5.41, 5.74) is 1.51. The summed E-state index contributed by atoms with van der Waals surface area (Å²) in [7, 11) is 1.56. The van der Waals surface area contributed by atoms with Crippen molar-refractivity contribution in [3.8, 4) is 0 Å². The minimum Gasteiger partial charge on any atom is -0.497 e. The molecule has 0 spiro atoms. The number of hydrogen-bond donors (Lipinski definition) is 0. The number of methoxy groups -OCH3 is 1. The van der Waals surface area contributed by atoms with E-state index in [1.54, 1.807) is 25.3 Å². The molecule has 0 bridgehead atoms. The molecule has 0 atom stereocenters. The molecule has 1 heterocycles. The van der Waals surface area contributed by atoms with E-state index in [1.807, 2.05) is 32.7 Å². The molecule has 1 fully saturated rings. The highest BCUT2D eigenvalue weighted by Gasteiger charge is 2.15. The Bertz CT molecular complexity index is 444. The van der Waals surface area contributed by atoms with Crippen molar-refractivity contribution >= 4 is 0 Å². The van der Waals surface area contributed by atoms with Gasteiger partial charge >= 0.3 is 0 Å². The van der Waals surface area contributed by atoms with E-state index in [2.05, 4.69) is 41.6 Å². The predicted octanol–water partition coefficient (Wildman–Crippen LogP) is 4.95. The van der Waals surface area contributed by atoms with Gasteiger partial charge in [-0.15, -0.1) is 5.11 Å². The van der Waals surface area contributed by atoms with Crippen LogP contribution in [0.1, 0.15) is 27.7 Å². The molecule has 0 aromatic heterocycles. The Morgan fingerprint density at radius 2 is 1.50 bits per heavy atom. The van der Waals surface area contributed by atoms with Crippen LogP contribution < -0.4 is 0 Å². The summed E-state index contributed by atoms with van der Waals surface area (Å²) in [5.74, 6) is 0.554. The molecule has 1 rings (SSSR count). The number of nitrogens with zero attached hydrogens (tertiary/aromatic N) is 4. The Morgan fingerprint density at radius 1 is 0.958 bits per heavy atom. The minimum absolute atomic E-state index is 0.554. The Kier molecular flexibility index (Phi) is 15.6. The van der Waals surface area contributed by atoms with Crippen LogP contribution in [0.25, 0.3) is 0 Å². The molecule has 5 nitrogen and oxygen atoms in total. The van der Waals surface area contributed by atoms with Crippen LogP contribution in [0.4, 0.5) is 0 Å². The SMILES string of the molecule is C=CC(=C)N1CCN(N=NC(=C)/C=C\C(=C)OC)CC1.CC.CC. The second-order valence-corrected chi connectivity index (χ2v) is 4.32. The molecule has 0 amide bonds. The third-order valence-corrected chi connectivity index (χ3v) is 2.92. The van der Waals surface area contributed by atoms with Gasteiger partial charge in [0.2, 0.25) is 0 Å². The van der Waals surface area contributed by atoms with Crippen LogP contribution in [0.3, 0.4) is 0 Å². The fourth-order valence-corrected chi connectivity index (χ4v) is 1.61. The molecule has 24 heavy (non-hydrogen) atoms. The largest absolute Gasteiger partial charge is 0.497 e. The molecular formula is C19H34N4O. The number of rotatable bonds is 7. The fraction of sp³-hybridized carbons (Fsp3) is 0.474. The van der Waals surface area contributed by atoms with Crippen molar-refractivity contribution < 1.29 is 4.74 Å². The maximum Gasteiger partial charge on any atom is 0.111 e. The Labute approximate surface area is 148 Å². The predicted molar refractivity (Wildman–Crippen MR) is 104 cm³/mol. The molecule has 0 aliphatic carbocycles. The van der Waals surface area contributed by atoms with E-state index in [0.29, 0.717) is 11.5 Å². The third-order valence-electron chi connectivity index (χ3n) is 2.92. The minimum atomic E-state index is 0.554. The molecule has 136 valence electrons. The first-order valence-corrected chi connectivity index (χ1v) is 8.39. The molecule has 1 saturated heterocycles. The molecule has 1 aliphatic rings. The number of piperazine rings is 1. The van der Waals surface area contributed by atoms with Gasteiger partial charge in [-0.25, -0.2) is 0 Å². The van der Waals surface area contributed by atoms with Crippen molar-refractivity contribution in [2.45, 2.75) is 27.7 Å². The van der Waals surface area contributed by atoms with Gasteiger partial charge in [0, 0.05) is 18.8 Å². The second kappa shape index (κ2) is 15.6. The molecule has 0 N–H and O–H groups in total. The summed E-state index contributed by atoms with van der Waals surface area (Å²) >= 11 is 0. The first-order valence-electron chi connectivity index (χ1n) is 8.39. The highest BCUT2D eigenvalue weighted by Crippen LogP contribution is 2.10. The van der Waals surface area contributed by atoms with Crippen molar-refractivity contribution in [3.63, 3.8) is 0 Å². The Hall–Kier alpha value is -2.30. The Morgan fingerprint density at radius 3 is 1.96 bits per heavy atom. The summed E-state index contributed by atoms with van der Waals surface area (Å²) < 4.78 is 4.91. The van der Waals surface area contributed by atoms with Crippen molar-refractivity contribution in [1.82, 2.24) is 9.91 Å². The van der Waals surface area contributed by atoms with Gasteiger partial charge in [0.25, 0.3) is 0 Å². The van der Waals surface area contributed by atoms with Crippen LogP contribution in [0.15, 0.2) is 72.0 Å². The molecule has 0 radical (unpaired) electrons. The van der Waals surface area contributed by atoms with Crippen LogP contribution in [-0.2, 0) is 4.74 Å². The first-order chi connectivity index (χ1) is 11.6. The van der Waals surface area contributed by atoms with Crippen molar-refractivity contribution in [2.75, 3.05) is 33.3 Å². The second-order valence-electron chi connectivity index (χ2n) is 4.32. The van der Waals surface area contributed by atoms with Gasteiger partial charge in [-0.05, 0) is 18.2 Å². The maximum atomic E-state index is 4.91. The topological polar surface area (TPSA) is 40.4 Å². The lowest BCUT2D eigenvalue weighted by Gasteiger charge is -2.33. The van der Waals surface area contributed by atoms with E-state index in [-0.39, 0.29) is 0 Å². The van der Waals surface area contributed by atoms with Gasteiger partial charge in [-0.2, -0.15) is 0 Å². The highest BCUT2D eigenvalue weighted by atomic mass is 16.5. The van der Waals surface area contributed by atoms with Gasteiger partial charge in [0.05, 0.1) is 25.9 Å². The fourth-order valence-electron chi connectivity index (χ4n) is 1.61. The first kappa shape index (κ1) is 24.0. The average molecular weight is 335 g/mol. The molecule has 0 saturated carbocycles. The average Bonchev–Trinajstić information content (AvgIpc) is 2.67. The van der Waals surface area contributed by atoms with Crippen molar-refractivity contribution in [2.24, 2.45) is 10.3 Å². The number of allylic oxidation sites excluding steroid dienone is 3. The standard InChI is InChI=1S/C15H22N4O.2C2H6/c1-6-14(3)18-9-11-19(12-10-18)17-16-13(2)7-8-15(4)20-5;2*1-2/h6-8H,1-4,9-12H2,5H3;2*1-2H3/b8-7-,17-16?;;. The maximum absolute atomic E-state index is 4.91. The van der Waals surface area contributed by atoms with Gasteiger partial charge in [0.15, 0.2) is 0 Å². The quantitative estimate of drug-likeness (QED) is 0.375. The van der Waals surface area contributed by atoms with E-state index < -0.39 is 0 Å². The summed E-state index contributed by atoms with van der Waals surface area (Å²) in [6.45, 7) is 26.5. The zero-order valence-corrected chi connectivity index (χ0v) is 16.1. The van der Waals surface area contributed by atoms with Gasteiger partial charge in [-0.3, -0.25) is 5.01 Å². The van der Waals surface area contributed by atoms with E-state index in [9.17, 15) is 0 Å². The molecule has 0 unspecified atom stereocenters. The van der Waals surface area contributed by atoms with Crippen LogP contribution in [0, 0.1) is 0 Å². The molecule has 1 aliphatic heterocycles. The molecule has 0 aromatic rings. The number of hydrogen-bond acceptors (Lipinski definition) is 4. The lowest BCUT2D eigenvalue weighted by molar-refractivity contribution is 0.158. The van der Waals surface area contributed by atoms with E-state index in [4.69, 9.17) is 4.74 Å². The van der Waals surface area contributed by atoms with Gasteiger partial charge < -0.3 is 9.64 Å². The van der Waals surface area contributed by atoms with E-state index in [1.165, 1.54) is 0 Å². The lowest BCUT2D eigenvalue weighted by atomic mass is 10.3. The van der Waals surface area contributed by atoms with Crippen LogP contribution >= 0.6 is 0 Å². The van der Waals surface area contributed by atoms with E-state index >= 15 is 0 Å². The number of ether oxygens (including phenoxy) is 1. The molecular weight excluding hydrogens is 300 g/mol. The summed E-state index contributed by atoms with van der Waals surface area (Å²) in [6, 6.07) is 0. The summed E-state index contributed by atoms with van der Waals surface area (Å²) in [6.07, 6.45) is 5.19. The lowest BCUT2D eigenvalue weighted by Crippen LogP contribution is -2.42. The summed E-state index contributed by atoms with van der Waals surface area (Å²) in [4.78, 5) is 2.18. The van der Waals surface area contributed by atoms with Crippen LogP contribution in [-0.4, -0.2) is 43.2 Å². The highest BCUT2D eigenvalue weighted by molar-refractivity contribution is 5.19. The van der Waals surface area contributed by atoms with Crippen LogP contribution in [0.5, 0.6) is 0 Å². The van der Waals surface area contributed by atoms with E-state index in [0.717, 1.165) is 31.9 Å². The van der Waals surface area contributed by atoms with Crippen LogP contribution in [0.2, 0.25) is 0 Å². The van der Waals surface area contributed by atoms with Gasteiger partial charge in [0.1, 0.15) is 5.76 Å². The van der Waals surface area contributed by atoms with Gasteiger partial charge in [-0.1, -0.05) is 59.2 Å². The monoisotopic (exact) mass is 334 g/mol. The van der Waals surface area contributed by atoms with Crippen molar-refractivity contribution in [1.29, 1.82) is 0 Å². The normalized spacial score (nSPS) is 13.5. The summed E-state index contributed by atoms with van der Waals surface area (Å²) in [5, 5.41) is 10.1. The zero-order valence-electron chi connectivity index (χ0n) is 16.1. The third kappa shape index (κ3) is 10.4.